The van der Waals surface area contributed by atoms with Gasteiger partial charge in [-0.25, -0.2) is 9.18 Å². The van der Waals surface area contributed by atoms with Gasteiger partial charge in [0.25, 0.3) is 0 Å². The summed E-state index contributed by atoms with van der Waals surface area (Å²) in [5, 5.41) is 0. The molecule has 0 N–H and O–H groups in total. The molecular formula is C27H25FO4. The summed E-state index contributed by atoms with van der Waals surface area (Å²) in [4.78, 5) is 24.4. The third kappa shape index (κ3) is 5.05. The van der Waals surface area contributed by atoms with Crippen LogP contribution in [0.2, 0.25) is 0 Å². The molecule has 3 aromatic rings. The lowest BCUT2D eigenvalue weighted by Gasteiger charge is -2.16. The molecule has 1 aliphatic rings. The first-order valence-electron chi connectivity index (χ1n) is 10.7. The van der Waals surface area contributed by atoms with Gasteiger partial charge < -0.3 is 14.3 Å². The van der Waals surface area contributed by atoms with E-state index in [1.54, 1.807) is 49.4 Å². The molecule has 3 aromatic carbocycles. The number of carbonyl (C=O) groups is 2. The first kappa shape index (κ1) is 21.8. The van der Waals surface area contributed by atoms with Crippen LogP contribution in [0.4, 0.5) is 4.39 Å². The zero-order chi connectivity index (χ0) is 22.7. The summed E-state index contributed by atoms with van der Waals surface area (Å²) in [6.45, 7) is 1.61. The molecule has 0 aliphatic heterocycles. The van der Waals surface area contributed by atoms with E-state index in [1.165, 1.54) is 13.2 Å². The Morgan fingerprint density at radius 1 is 1.00 bits per heavy atom. The first-order valence-corrected chi connectivity index (χ1v) is 10.7. The highest BCUT2D eigenvalue weighted by molar-refractivity contribution is 5.91. The standard InChI is InChI=1S/C27H25FO4/c1-17(29)14-24(18-6-7-18)20-4-3-5-21(15-20)27(30)32-22-10-8-19(9-11-22)25-16-23(31-2)12-13-26(25)28/h3-5,8-13,15-16,18,24H,6-7,14H2,1-2H3/t24-/m0/s1. The van der Waals surface area contributed by atoms with Gasteiger partial charge in [0, 0.05) is 12.0 Å². The number of hydrogen-bond donors (Lipinski definition) is 0. The van der Waals surface area contributed by atoms with Gasteiger partial charge >= 0.3 is 5.97 Å². The van der Waals surface area contributed by atoms with Gasteiger partial charge in [-0.15, -0.1) is 0 Å². The van der Waals surface area contributed by atoms with E-state index in [-0.39, 0.29) is 17.5 Å². The Bertz CT molecular complexity index is 1130. The second-order valence-corrected chi connectivity index (χ2v) is 8.24. The third-order valence-electron chi connectivity index (χ3n) is 5.80. The minimum atomic E-state index is -0.468. The first-order chi connectivity index (χ1) is 15.4. The van der Waals surface area contributed by atoms with Gasteiger partial charge in [0.2, 0.25) is 0 Å². The van der Waals surface area contributed by atoms with Crippen molar-refractivity contribution in [2.75, 3.05) is 7.11 Å². The van der Waals surface area contributed by atoms with Crippen molar-refractivity contribution in [1.82, 2.24) is 0 Å². The van der Waals surface area contributed by atoms with Crippen LogP contribution in [0, 0.1) is 11.7 Å². The van der Waals surface area contributed by atoms with E-state index in [9.17, 15) is 14.0 Å². The fraction of sp³-hybridized carbons (Fsp3) is 0.259. The third-order valence-corrected chi connectivity index (χ3v) is 5.80. The van der Waals surface area contributed by atoms with E-state index < -0.39 is 5.97 Å². The Labute approximate surface area is 187 Å². The molecular weight excluding hydrogens is 407 g/mol. The lowest BCUT2D eigenvalue weighted by molar-refractivity contribution is -0.117. The molecule has 0 spiro atoms. The zero-order valence-electron chi connectivity index (χ0n) is 18.1. The molecule has 0 unspecified atom stereocenters. The maximum Gasteiger partial charge on any atom is 0.343 e. The normalized spacial score (nSPS) is 14.0. The van der Waals surface area contributed by atoms with E-state index >= 15 is 0 Å². The Balaban J connectivity index is 1.49. The topological polar surface area (TPSA) is 52.6 Å². The number of ether oxygens (including phenoxy) is 2. The number of esters is 1. The van der Waals surface area contributed by atoms with Crippen molar-refractivity contribution in [3.8, 4) is 22.6 Å². The monoisotopic (exact) mass is 432 g/mol. The molecule has 32 heavy (non-hydrogen) atoms. The minimum Gasteiger partial charge on any atom is -0.497 e. The molecule has 4 rings (SSSR count). The fourth-order valence-corrected chi connectivity index (χ4v) is 3.98. The smallest absolute Gasteiger partial charge is 0.343 e. The molecule has 1 fully saturated rings. The van der Waals surface area contributed by atoms with Gasteiger partial charge in [0.05, 0.1) is 12.7 Å². The fourth-order valence-electron chi connectivity index (χ4n) is 3.98. The van der Waals surface area contributed by atoms with Crippen molar-refractivity contribution in [3.05, 3.63) is 83.7 Å². The van der Waals surface area contributed by atoms with E-state index in [0.717, 1.165) is 18.4 Å². The van der Waals surface area contributed by atoms with Crippen molar-refractivity contribution in [3.63, 3.8) is 0 Å². The lowest BCUT2D eigenvalue weighted by atomic mass is 9.89. The van der Waals surface area contributed by atoms with Gasteiger partial charge in [-0.1, -0.05) is 24.3 Å². The lowest BCUT2D eigenvalue weighted by Crippen LogP contribution is -2.11. The number of rotatable bonds is 8. The Morgan fingerprint density at radius 3 is 2.38 bits per heavy atom. The SMILES string of the molecule is COc1ccc(F)c(-c2ccc(OC(=O)c3cccc([C@@H](CC(C)=O)C4CC4)c3)cc2)c1. The van der Waals surface area contributed by atoms with Crippen molar-refractivity contribution < 1.29 is 23.5 Å². The number of hydrogen-bond acceptors (Lipinski definition) is 4. The summed E-state index contributed by atoms with van der Waals surface area (Å²) in [5.41, 5.74) is 2.51. The van der Waals surface area contributed by atoms with Gasteiger partial charge in [0.1, 0.15) is 23.1 Å². The minimum absolute atomic E-state index is 0.150. The number of benzene rings is 3. The van der Waals surface area contributed by atoms with E-state index in [4.69, 9.17) is 9.47 Å². The molecule has 0 amide bonds. The van der Waals surface area contributed by atoms with E-state index in [2.05, 4.69) is 0 Å². The summed E-state index contributed by atoms with van der Waals surface area (Å²) in [6, 6.07) is 18.6. The largest absolute Gasteiger partial charge is 0.497 e. The van der Waals surface area contributed by atoms with Crippen LogP contribution in [0.1, 0.15) is 48.0 Å². The number of ketones is 1. The van der Waals surface area contributed by atoms with Gasteiger partial charge in [-0.3, -0.25) is 0 Å². The van der Waals surface area contributed by atoms with E-state index in [0.29, 0.717) is 40.5 Å². The molecule has 5 heteroatoms. The molecule has 164 valence electrons. The summed E-state index contributed by atoms with van der Waals surface area (Å²) < 4.78 is 24.9. The maximum absolute atomic E-state index is 14.2. The number of halogens is 1. The van der Waals surface area contributed by atoms with Crippen LogP contribution in [0.5, 0.6) is 11.5 Å². The quantitative estimate of drug-likeness (QED) is 0.314. The summed E-state index contributed by atoms with van der Waals surface area (Å²) in [6.07, 6.45) is 2.73. The molecule has 1 atom stereocenters. The van der Waals surface area contributed by atoms with Crippen LogP contribution in [0.15, 0.2) is 66.7 Å². The van der Waals surface area contributed by atoms with Crippen LogP contribution in [0.3, 0.4) is 0 Å². The summed E-state index contributed by atoms with van der Waals surface area (Å²) in [5.74, 6) is 0.920. The van der Waals surface area contributed by atoms with E-state index in [1.807, 2.05) is 18.2 Å². The molecule has 1 saturated carbocycles. The van der Waals surface area contributed by atoms with Crippen LogP contribution < -0.4 is 9.47 Å². The zero-order valence-corrected chi connectivity index (χ0v) is 18.1. The molecule has 0 saturated heterocycles. The molecule has 0 radical (unpaired) electrons. The predicted octanol–water partition coefficient (Wildman–Crippen LogP) is 6.19. The predicted molar refractivity (Wildman–Crippen MR) is 121 cm³/mol. The highest BCUT2D eigenvalue weighted by Crippen LogP contribution is 2.44. The summed E-state index contributed by atoms with van der Waals surface area (Å²) >= 11 is 0. The molecule has 1 aliphatic carbocycles. The molecule has 4 nitrogen and oxygen atoms in total. The number of carbonyl (C=O) groups excluding carboxylic acids is 2. The molecule has 0 heterocycles. The van der Waals surface area contributed by atoms with Gasteiger partial charge in [-0.05, 0) is 85.2 Å². The Hall–Kier alpha value is -3.47. The highest BCUT2D eigenvalue weighted by Gasteiger charge is 2.33. The van der Waals surface area contributed by atoms with Crippen LogP contribution in [-0.4, -0.2) is 18.9 Å². The Morgan fingerprint density at radius 2 is 1.72 bits per heavy atom. The molecule has 0 aromatic heterocycles. The second kappa shape index (κ2) is 9.35. The Kier molecular flexibility index (Phi) is 6.35. The van der Waals surface area contributed by atoms with Gasteiger partial charge in [-0.2, -0.15) is 0 Å². The summed E-state index contributed by atoms with van der Waals surface area (Å²) in [7, 11) is 1.53. The van der Waals surface area contributed by atoms with Crippen LogP contribution >= 0.6 is 0 Å². The number of methoxy groups -OCH3 is 1. The number of Topliss-reactive ketones (excluding diaryl/α,β-unsaturated/α-hetero) is 1. The average Bonchev–Trinajstić information content (AvgIpc) is 3.64. The molecule has 0 bridgehead atoms. The van der Waals surface area contributed by atoms with Crippen molar-refractivity contribution in [1.29, 1.82) is 0 Å². The van der Waals surface area contributed by atoms with Crippen molar-refractivity contribution in [2.45, 2.75) is 32.1 Å². The van der Waals surface area contributed by atoms with Gasteiger partial charge in [0.15, 0.2) is 0 Å². The average molecular weight is 432 g/mol. The van der Waals surface area contributed by atoms with Crippen LogP contribution in [-0.2, 0) is 4.79 Å². The maximum atomic E-state index is 14.2. The van der Waals surface area contributed by atoms with Crippen molar-refractivity contribution >= 4 is 11.8 Å². The highest BCUT2D eigenvalue weighted by atomic mass is 19.1. The van der Waals surface area contributed by atoms with Crippen LogP contribution in [0.25, 0.3) is 11.1 Å². The van der Waals surface area contributed by atoms with Crippen molar-refractivity contribution in [2.24, 2.45) is 5.92 Å². The second-order valence-electron chi connectivity index (χ2n) is 8.24.